The summed E-state index contributed by atoms with van der Waals surface area (Å²) in [6.07, 6.45) is 0. The summed E-state index contributed by atoms with van der Waals surface area (Å²) in [7, 11) is 0. The number of furan rings is 1. The Bertz CT molecular complexity index is 2610. The average Bonchev–Trinajstić information content (AvgIpc) is 3.56. The van der Waals surface area contributed by atoms with Gasteiger partial charge < -0.3 is 4.42 Å². The molecule has 226 valence electrons. The molecule has 2 aromatic heterocycles. The summed E-state index contributed by atoms with van der Waals surface area (Å²) < 4.78 is 6.21. The first-order chi connectivity index (χ1) is 23.7. The Balaban J connectivity index is 1.17. The van der Waals surface area contributed by atoms with Gasteiger partial charge in [-0.25, -0.2) is 15.0 Å². The van der Waals surface area contributed by atoms with Crippen LogP contribution in [0.2, 0.25) is 5.02 Å². The first kappa shape index (κ1) is 28.1. The molecule has 48 heavy (non-hydrogen) atoms. The van der Waals surface area contributed by atoms with Crippen molar-refractivity contribution in [3.8, 4) is 56.4 Å². The highest BCUT2D eigenvalue weighted by atomic mass is 35.5. The molecule has 0 bridgehead atoms. The summed E-state index contributed by atoms with van der Waals surface area (Å²) in [6, 6.07) is 53.8. The topological polar surface area (TPSA) is 51.8 Å². The fourth-order valence-electron chi connectivity index (χ4n) is 6.36. The maximum absolute atomic E-state index is 6.66. The minimum atomic E-state index is 0.543. The molecule has 0 saturated heterocycles. The monoisotopic (exact) mass is 635 g/mol. The molecule has 0 unspecified atom stereocenters. The third kappa shape index (κ3) is 5.00. The standard InChI is InChI=1S/C43H26ClN3O/c44-37-25-24-36(39-35-12-6-7-13-38(35)48-40(37)39)43-46-41(45-42(47-43)34-23-20-28-10-4-5-11-33(28)26-34)32-21-18-31(19-22-32)30-16-14-29(15-17-30)27-8-2-1-3-9-27/h1-26H. The van der Waals surface area contributed by atoms with Gasteiger partial charge in [-0.05, 0) is 57.3 Å². The van der Waals surface area contributed by atoms with Gasteiger partial charge in [-0.2, -0.15) is 0 Å². The molecule has 0 fully saturated rings. The Morgan fingerprint density at radius 3 is 1.69 bits per heavy atom. The number of aromatic nitrogens is 3. The molecule has 0 aliphatic rings. The second-order valence-corrected chi connectivity index (χ2v) is 12.2. The van der Waals surface area contributed by atoms with E-state index in [1.165, 1.54) is 11.1 Å². The van der Waals surface area contributed by atoms with Crippen LogP contribution in [0.1, 0.15) is 0 Å². The average molecular weight is 636 g/mol. The molecular weight excluding hydrogens is 610 g/mol. The maximum Gasteiger partial charge on any atom is 0.164 e. The summed E-state index contributed by atoms with van der Waals surface area (Å²) in [4.78, 5) is 15.2. The van der Waals surface area contributed by atoms with Gasteiger partial charge in [-0.15, -0.1) is 0 Å². The summed E-state index contributed by atoms with van der Waals surface area (Å²) in [5, 5.41) is 4.67. The summed E-state index contributed by atoms with van der Waals surface area (Å²) >= 11 is 6.66. The lowest BCUT2D eigenvalue weighted by atomic mass is 9.99. The predicted octanol–water partition coefficient (Wildman–Crippen LogP) is 11.9. The van der Waals surface area contributed by atoms with Crippen molar-refractivity contribution in [2.75, 3.05) is 0 Å². The molecule has 0 spiro atoms. The highest BCUT2D eigenvalue weighted by Crippen LogP contribution is 2.40. The van der Waals surface area contributed by atoms with Crippen LogP contribution in [0.5, 0.6) is 0 Å². The Morgan fingerprint density at radius 1 is 0.417 bits per heavy atom. The van der Waals surface area contributed by atoms with Gasteiger partial charge in [0.05, 0.1) is 5.02 Å². The largest absolute Gasteiger partial charge is 0.454 e. The van der Waals surface area contributed by atoms with Gasteiger partial charge in [0.1, 0.15) is 5.58 Å². The molecule has 0 saturated carbocycles. The number of fused-ring (bicyclic) bond motifs is 4. The van der Waals surface area contributed by atoms with E-state index in [9.17, 15) is 0 Å². The van der Waals surface area contributed by atoms with E-state index in [1.54, 1.807) is 0 Å². The van der Waals surface area contributed by atoms with Crippen LogP contribution in [-0.4, -0.2) is 15.0 Å². The van der Waals surface area contributed by atoms with E-state index in [4.69, 9.17) is 31.0 Å². The lowest BCUT2D eigenvalue weighted by Gasteiger charge is -2.11. The minimum Gasteiger partial charge on any atom is -0.454 e. The molecule has 0 aliphatic carbocycles. The number of hydrogen-bond donors (Lipinski definition) is 0. The van der Waals surface area contributed by atoms with Gasteiger partial charge in [0.15, 0.2) is 23.1 Å². The Kier molecular flexibility index (Phi) is 6.81. The molecule has 0 radical (unpaired) electrons. The first-order valence-corrected chi connectivity index (χ1v) is 16.2. The van der Waals surface area contributed by atoms with Gasteiger partial charge in [0.2, 0.25) is 0 Å². The van der Waals surface area contributed by atoms with Crippen molar-refractivity contribution < 1.29 is 4.42 Å². The predicted molar refractivity (Wildman–Crippen MR) is 197 cm³/mol. The van der Waals surface area contributed by atoms with Crippen molar-refractivity contribution in [1.82, 2.24) is 15.0 Å². The summed E-state index contributed by atoms with van der Waals surface area (Å²) in [5.74, 6) is 1.74. The Labute approximate surface area is 282 Å². The van der Waals surface area contributed by atoms with Crippen LogP contribution in [0.3, 0.4) is 0 Å². The van der Waals surface area contributed by atoms with Gasteiger partial charge in [-0.3, -0.25) is 0 Å². The van der Waals surface area contributed by atoms with Crippen molar-refractivity contribution in [2.24, 2.45) is 0 Å². The second kappa shape index (κ2) is 11.6. The molecule has 0 N–H and O–H groups in total. The van der Waals surface area contributed by atoms with Crippen molar-refractivity contribution in [3.63, 3.8) is 0 Å². The highest BCUT2D eigenvalue weighted by molar-refractivity contribution is 6.36. The Morgan fingerprint density at radius 2 is 0.958 bits per heavy atom. The molecule has 9 aromatic rings. The van der Waals surface area contributed by atoms with Crippen LogP contribution in [0.4, 0.5) is 0 Å². The number of rotatable bonds is 5. The zero-order valence-electron chi connectivity index (χ0n) is 25.6. The van der Waals surface area contributed by atoms with E-state index in [1.807, 2.05) is 54.6 Å². The number of para-hydroxylation sites is 1. The van der Waals surface area contributed by atoms with Gasteiger partial charge in [0, 0.05) is 27.5 Å². The molecule has 7 aromatic carbocycles. The molecule has 0 amide bonds. The van der Waals surface area contributed by atoms with Gasteiger partial charge in [0.25, 0.3) is 0 Å². The highest BCUT2D eigenvalue weighted by Gasteiger charge is 2.19. The van der Waals surface area contributed by atoms with Crippen molar-refractivity contribution in [2.45, 2.75) is 0 Å². The minimum absolute atomic E-state index is 0.543. The molecule has 0 aliphatic heterocycles. The van der Waals surface area contributed by atoms with Crippen LogP contribution in [0.15, 0.2) is 162 Å². The maximum atomic E-state index is 6.66. The molecule has 9 rings (SSSR count). The van der Waals surface area contributed by atoms with E-state index >= 15 is 0 Å². The van der Waals surface area contributed by atoms with Crippen molar-refractivity contribution in [3.05, 3.63) is 163 Å². The van der Waals surface area contributed by atoms with E-state index in [-0.39, 0.29) is 0 Å². The molecule has 0 atom stereocenters. The quantitative estimate of drug-likeness (QED) is 0.189. The zero-order valence-corrected chi connectivity index (χ0v) is 26.4. The zero-order chi connectivity index (χ0) is 32.0. The van der Waals surface area contributed by atoms with Gasteiger partial charge >= 0.3 is 0 Å². The SMILES string of the molecule is Clc1ccc(-c2nc(-c3ccc(-c4ccc(-c5ccccc5)cc4)cc3)nc(-c3ccc4ccccc4c3)n2)c2c1oc1ccccc12. The van der Waals surface area contributed by atoms with E-state index in [2.05, 4.69) is 103 Å². The van der Waals surface area contributed by atoms with E-state index in [0.29, 0.717) is 28.1 Å². The van der Waals surface area contributed by atoms with Gasteiger partial charge in [-0.1, -0.05) is 145 Å². The molecule has 5 heteroatoms. The van der Waals surface area contributed by atoms with E-state index in [0.717, 1.165) is 54.9 Å². The number of hydrogen-bond acceptors (Lipinski definition) is 4. The lowest BCUT2D eigenvalue weighted by Crippen LogP contribution is -2.00. The summed E-state index contributed by atoms with van der Waals surface area (Å²) in [6.45, 7) is 0. The second-order valence-electron chi connectivity index (χ2n) is 11.8. The number of nitrogens with zero attached hydrogens (tertiary/aromatic N) is 3. The van der Waals surface area contributed by atoms with Crippen molar-refractivity contribution >= 4 is 44.3 Å². The summed E-state index contributed by atoms with van der Waals surface area (Å²) in [5.41, 5.74) is 8.68. The Hall–Kier alpha value is -6.10. The first-order valence-electron chi connectivity index (χ1n) is 15.8. The fourth-order valence-corrected chi connectivity index (χ4v) is 6.56. The van der Waals surface area contributed by atoms with Crippen LogP contribution in [0.25, 0.3) is 89.1 Å². The van der Waals surface area contributed by atoms with Crippen LogP contribution >= 0.6 is 11.6 Å². The van der Waals surface area contributed by atoms with Crippen LogP contribution < -0.4 is 0 Å². The lowest BCUT2D eigenvalue weighted by molar-refractivity contribution is 0.669. The molecule has 4 nitrogen and oxygen atoms in total. The fraction of sp³-hybridized carbons (Fsp3) is 0. The van der Waals surface area contributed by atoms with Crippen LogP contribution in [0, 0.1) is 0 Å². The molecular formula is C43H26ClN3O. The van der Waals surface area contributed by atoms with Crippen LogP contribution in [-0.2, 0) is 0 Å². The number of benzene rings is 7. The third-order valence-corrected chi connectivity index (χ3v) is 9.13. The smallest absolute Gasteiger partial charge is 0.164 e. The normalized spacial score (nSPS) is 11.4. The number of halogens is 1. The van der Waals surface area contributed by atoms with Crippen molar-refractivity contribution in [1.29, 1.82) is 0 Å². The third-order valence-electron chi connectivity index (χ3n) is 8.83. The molecule has 2 heterocycles. The van der Waals surface area contributed by atoms with E-state index < -0.39 is 0 Å².